The van der Waals surface area contributed by atoms with Crippen molar-refractivity contribution in [2.45, 2.75) is 31.8 Å². The van der Waals surface area contributed by atoms with Crippen LogP contribution in [0.5, 0.6) is 0 Å². The Morgan fingerprint density at radius 1 is 1.58 bits per heavy atom. The van der Waals surface area contributed by atoms with Crippen LogP contribution in [0.3, 0.4) is 0 Å². The van der Waals surface area contributed by atoms with E-state index in [0.29, 0.717) is 12.2 Å². The normalized spacial score (nSPS) is 23.3. The molecule has 1 unspecified atom stereocenters. The van der Waals surface area contributed by atoms with E-state index < -0.39 is 10.7 Å². The van der Waals surface area contributed by atoms with E-state index >= 15 is 0 Å². The second kappa shape index (κ2) is 5.63. The van der Waals surface area contributed by atoms with Crippen molar-refractivity contribution in [3.63, 3.8) is 0 Å². The molecule has 0 saturated carbocycles. The molecule has 1 fully saturated rings. The first-order valence-electron chi connectivity index (χ1n) is 6.26. The highest BCUT2D eigenvalue weighted by Crippen LogP contribution is 2.23. The summed E-state index contributed by atoms with van der Waals surface area (Å²) in [4.78, 5) is 10.4. The molecule has 0 spiro atoms. The standard InChI is InChI=1S/C13H17FN2O3/c1-13(5-2-6-19-9-13)15-8-10-7-11(14)3-4-12(10)16(17)18/h3-4,7,15H,2,5-6,8-9H2,1H3. The van der Waals surface area contributed by atoms with Crippen molar-refractivity contribution in [3.05, 3.63) is 39.7 Å². The number of rotatable bonds is 4. The van der Waals surface area contributed by atoms with Crippen molar-refractivity contribution in [3.8, 4) is 0 Å². The first-order valence-corrected chi connectivity index (χ1v) is 6.26. The van der Waals surface area contributed by atoms with Gasteiger partial charge in [0.1, 0.15) is 5.82 Å². The topological polar surface area (TPSA) is 64.4 Å². The molecule has 0 bridgehead atoms. The van der Waals surface area contributed by atoms with Gasteiger partial charge in [0.15, 0.2) is 0 Å². The minimum Gasteiger partial charge on any atom is -0.380 e. The Labute approximate surface area is 110 Å². The Morgan fingerprint density at radius 2 is 2.37 bits per heavy atom. The van der Waals surface area contributed by atoms with Crippen molar-refractivity contribution in [2.24, 2.45) is 0 Å². The number of halogens is 1. The summed E-state index contributed by atoms with van der Waals surface area (Å²) < 4.78 is 18.6. The van der Waals surface area contributed by atoms with Gasteiger partial charge in [0.05, 0.1) is 11.5 Å². The monoisotopic (exact) mass is 268 g/mol. The average molecular weight is 268 g/mol. The summed E-state index contributed by atoms with van der Waals surface area (Å²) in [5.74, 6) is -0.465. The third-order valence-electron chi connectivity index (χ3n) is 3.38. The van der Waals surface area contributed by atoms with E-state index in [1.807, 2.05) is 6.92 Å². The number of nitro groups is 1. The third kappa shape index (κ3) is 3.48. The Morgan fingerprint density at radius 3 is 3.00 bits per heavy atom. The van der Waals surface area contributed by atoms with Gasteiger partial charge < -0.3 is 10.1 Å². The maximum atomic E-state index is 13.2. The summed E-state index contributed by atoms with van der Waals surface area (Å²) in [5.41, 5.74) is 0.0874. The summed E-state index contributed by atoms with van der Waals surface area (Å²) in [7, 11) is 0. The van der Waals surface area contributed by atoms with E-state index in [1.165, 1.54) is 12.1 Å². The quantitative estimate of drug-likeness (QED) is 0.672. The van der Waals surface area contributed by atoms with E-state index in [0.717, 1.165) is 25.5 Å². The van der Waals surface area contributed by atoms with Crippen LogP contribution in [0.1, 0.15) is 25.3 Å². The van der Waals surface area contributed by atoms with Crippen LogP contribution in [0, 0.1) is 15.9 Å². The SMILES string of the molecule is CC1(NCc2cc(F)ccc2[N+](=O)[O-])CCCOC1. The second-order valence-electron chi connectivity index (χ2n) is 5.10. The largest absolute Gasteiger partial charge is 0.380 e. The number of nitrogens with zero attached hydrogens (tertiary/aromatic N) is 1. The van der Waals surface area contributed by atoms with Crippen LogP contribution >= 0.6 is 0 Å². The second-order valence-corrected chi connectivity index (χ2v) is 5.10. The minimum absolute atomic E-state index is 0.0609. The number of ether oxygens (including phenoxy) is 1. The summed E-state index contributed by atoms with van der Waals surface area (Å²) in [6.07, 6.45) is 1.89. The van der Waals surface area contributed by atoms with Gasteiger partial charge in [-0.15, -0.1) is 0 Å². The van der Waals surface area contributed by atoms with Gasteiger partial charge in [-0.1, -0.05) is 0 Å². The fraction of sp³-hybridized carbons (Fsp3) is 0.538. The van der Waals surface area contributed by atoms with Gasteiger partial charge in [-0.05, 0) is 31.9 Å². The highest BCUT2D eigenvalue weighted by atomic mass is 19.1. The Balaban J connectivity index is 2.10. The number of nitrogens with one attached hydrogen (secondary N) is 1. The van der Waals surface area contributed by atoms with Crippen LogP contribution < -0.4 is 5.32 Å². The predicted molar refractivity (Wildman–Crippen MR) is 68.4 cm³/mol. The van der Waals surface area contributed by atoms with Crippen molar-refractivity contribution in [1.29, 1.82) is 0 Å². The van der Waals surface area contributed by atoms with Crippen LogP contribution in [0.15, 0.2) is 18.2 Å². The van der Waals surface area contributed by atoms with Crippen LogP contribution in [0.2, 0.25) is 0 Å². The molecule has 104 valence electrons. The molecular weight excluding hydrogens is 251 g/mol. The van der Waals surface area contributed by atoms with Gasteiger partial charge in [-0.25, -0.2) is 4.39 Å². The van der Waals surface area contributed by atoms with Crippen molar-refractivity contribution in [1.82, 2.24) is 5.32 Å². The number of hydrogen-bond donors (Lipinski definition) is 1. The third-order valence-corrected chi connectivity index (χ3v) is 3.38. The fourth-order valence-corrected chi connectivity index (χ4v) is 2.26. The zero-order valence-corrected chi connectivity index (χ0v) is 10.8. The zero-order valence-electron chi connectivity index (χ0n) is 10.8. The minimum atomic E-state index is -0.490. The Hall–Kier alpha value is -1.53. The first kappa shape index (κ1) is 13.9. The first-order chi connectivity index (χ1) is 9.00. The molecule has 0 amide bonds. The summed E-state index contributed by atoms with van der Waals surface area (Å²) >= 11 is 0. The average Bonchev–Trinajstić information content (AvgIpc) is 2.37. The van der Waals surface area contributed by atoms with Crippen LogP contribution in [-0.4, -0.2) is 23.7 Å². The lowest BCUT2D eigenvalue weighted by Crippen LogP contribution is -2.48. The maximum absolute atomic E-state index is 13.2. The lowest BCUT2D eigenvalue weighted by molar-refractivity contribution is -0.385. The van der Waals surface area contributed by atoms with E-state index in [2.05, 4.69) is 5.32 Å². The zero-order chi connectivity index (χ0) is 13.9. The summed E-state index contributed by atoms with van der Waals surface area (Å²) in [6, 6.07) is 3.51. The summed E-state index contributed by atoms with van der Waals surface area (Å²) in [5, 5.41) is 14.1. The van der Waals surface area contributed by atoms with Gasteiger partial charge in [0, 0.05) is 30.3 Å². The molecule has 1 aromatic rings. The molecule has 1 aliphatic heterocycles. The number of nitro benzene ring substituents is 1. The molecule has 1 aromatic carbocycles. The molecule has 0 aromatic heterocycles. The van der Waals surface area contributed by atoms with E-state index in [9.17, 15) is 14.5 Å². The molecule has 0 radical (unpaired) electrons. The van der Waals surface area contributed by atoms with Gasteiger partial charge in [0.2, 0.25) is 0 Å². The number of benzene rings is 1. The Kier molecular flexibility index (Phi) is 4.11. The molecule has 6 heteroatoms. The van der Waals surface area contributed by atoms with Crippen molar-refractivity contribution in [2.75, 3.05) is 13.2 Å². The van der Waals surface area contributed by atoms with Crippen LogP contribution in [0.4, 0.5) is 10.1 Å². The van der Waals surface area contributed by atoms with Crippen molar-refractivity contribution < 1.29 is 14.1 Å². The molecule has 1 N–H and O–H groups in total. The summed E-state index contributed by atoms with van der Waals surface area (Å²) in [6.45, 7) is 3.58. The van der Waals surface area contributed by atoms with Gasteiger partial charge in [0.25, 0.3) is 5.69 Å². The fourth-order valence-electron chi connectivity index (χ4n) is 2.26. The van der Waals surface area contributed by atoms with Gasteiger partial charge >= 0.3 is 0 Å². The van der Waals surface area contributed by atoms with Gasteiger partial charge in [-0.2, -0.15) is 0 Å². The van der Waals surface area contributed by atoms with E-state index in [1.54, 1.807) is 0 Å². The van der Waals surface area contributed by atoms with Crippen molar-refractivity contribution >= 4 is 5.69 Å². The van der Waals surface area contributed by atoms with Gasteiger partial charge in [-0.3, -0.25) is 10.1 Å². The molecule has 0 aliphatic carbocycles. The molecular formula is C13H17FN2O3. The number of hydrogen-bond acceptors (Lipinski definition) is 4. The molecule has 2 rings (SSSR count). The molecule has 19 heavy (non-hydrogen) atoms. The van der Waals surface area contributed by atoms with Crippen LogP contribution in [0.25, 0.3) is 0 Å². The lowest BCUT2D eigenvalue weighted by atomic mass is 9.94. The van der Waals surface area contributed by atoms with E-state index in [-0.39, 0.29) is 17.8 Å². The Bertz CT molecular complexity index is 473. The molecule has 1 aliphatic rings. The highest BCUT2D eigenvalue weighted by molar-refractivity contribution is 5.40. The predicted octanol–water partition coefficient (Wildman–Crippen LogP) is 2.39. The molecule has 5 nitrogen and oxygen atoms in total. The molecule has 1 heterocycles. The van der Waals surface area contributed by atoms with E-state index in [4.69, 9.17) is 4.74 Å². The molecule has 1 saturated heterocycles. The van der Waals surface area contributed by atoms with Crippen LogP contribution in [-0.2, 0) is 11.3 Å². The smallest absolute Gasteiger partial charge is 0.274 e. The highest BCUT2D eigenvalue weighted by Gasteiger charge is 2.27. The maximum Gasteiger partial charge on any atom is 0.274 e. The lowest BCUT2D eigenvalue weighted by Gasteiger charge is -2.34. The molecule has 1 atom stereocenters.